The maximum Gasteiger partial charge on any atom is 0.251 e. The predicted octanol–water partition coefficient (Wildman–Crippen LogP) is 4.38. The Hall–Kier alpha value is -2.89. The zero-order valence-corrected chi connectivity index (χ0v) is 17.2. The average molecular weight is 387 g/mol. The average Bonchev–Trinajstić information content (AvgIpc) is 2.72. The van der Waals surface area contributed by atoms with E-state index in [9.17, 15) is 4.79 Å². The highest BCUT2D eigenvalue weighted by Crippen LogP contribution is 2.31. The molecule has 2 rings (SSSR count). The van der Waals surface area contributed by atoms with Crippen molar-refractivity contribution in [2.75, 3.05) is 27.4 Å². The van der Waals surface area contributed by atoms with Crippen molar-refractivity contribution >= 4 is 5.91 Å². The van der Waals surface area contributed by atoms with Crippen molar-refractivity contribution in [1.82, 2.24) is 5.32 Å². The van der Waals surface area contributed by atoms with E-state index in [2.05, 4.69) is 5.32 Å². The van der Waals surface area contributed by atoms with Crippen LogP contribution in [0.3, 0.4) is 0 Å². The van der Waals surface area contributed by atoms with E-state index in [0.717, 1.165) is 12.0 Å². The first-order valence-corrected chi connectivity index (χ1v) is 9.46. The Morgan fingerprint density at radius 2 is 1.71 bits per heavy atom. The second-order valence-corrected chi connectivity index (χ2v) is 6.25. The van der Waals surface area contributed by atoms with Crippen LogP contribution in [0.1, 0.15) is 49.2 Å². The van der Waals surface area contributed by atoms with E-state index in [1.807, 2.05) is 39.0 Å². The minimum Gasteiger partial charge on any atom is -0.497 e. The van der Waals surface area contributed by atoms with Crippen LogP contribution in [0.2, 0.25) is 0 Å². The Kier molecular flexibility index (Phi) is 7.99. The summed E-state index contributed by atoms with van der Waals surface area (Å²) < 4.78 is 22.0. The van der Waals surface area contributed by atoms with Gasteiger partial charge in [-0.05, 0) is 56.7 Å². The van der Waals surface area contributed by atoms with Crippen LogP contribution in [0.15, 0.2) is 36.4 Å². The molecule has 0 bridgehead atoms. The van der Waals surface area contributed by atoms with Crippen molar-refractivity contribution in [2.45, 2.75) is 33.2 Å². The lowest BCUT2D eigenvalue weighted by Gasteiger charge is -2.19. The van der Waals surface area contributed by atoms with Crippen LogP contribution in [0.4, 0.5) is 0 Å². The van der Waals surface area contributed by atoms with Gasteiger partial charge in [-0.25, -0.2) is 0 Å². The summed E-state index contributed by atoms with van der Waals surface area (Å²) in [5.41, 5.74) is 1.34. The fourth-order valence-electron chi connectivity index (χ4n) is 2.78. The molecule has 0 saturated heterocycles. The molecule has 1 unspecified atom stereocenters. The first-order chi connectivity index (χ1) is 13.5. The van der Waals surface area contributed by atoms with E-state index in [1.165, 1.54) is 0 Å². The van der Waals surface area contributed by atoms with Gasteiger partial charge in [-0.15, -0.1) is 0 Å². The number of benzene rings is 2. The van der Waals surface area contributed by atoms with Crippen molar-refractivity contribution in [1.29, 1.82) is 0 Å². The van der Waals surface area contributed by atoms with Crippen LogP contribution < -0.4 is 24.3 Å². The van der Waals surface area contributed by atoms with Gasteiger partial charge in [0.2, 0.25) is 0 Å². The van der Waals surface area contributed by atoms with Crippen LogP contribution in [0, 0.1) is 0 Å². The topological polar surface area (TPSA) is 66.0 Å². The first kappa shape index (κ1) is 21.4. The lowest BCUT2D eigenvalue weighted by atomic mass is 10.1. The maximum atomic E-state index is 12.8. The SMILES string of the molecule is CCCOc1ccc(C(=O)NC(C)c2cc(OC)ccc2OC)cc1OCC. The molecule has 6 heteroatoms. The highest BCUT2D eigenvalue weighted by molar-refractivity contribution is 5.95. The van der Waals surface area contributed by atoms with E-state index >= 15 is 0 Å². The molecule has 28 heavy (non-hydrogen) atoms. The molecule has 1 amide bonds. The van der Waals surface area contributed by atoms with Gasteiger partial charge in [0.25, 0.3) is 5.91 Å². The zero-order chi connectivity index (χ0) is 20.5. The van der Waals surface area contributed by atoms with Gasteiger partial charge in [-0.2, -0.15) is 0 Å². The fraction of sp³-hybridized carbons (Fsp3) is 0.409. The molecule has 0 aliphatic rings. The number of amides is 1. The van der Waals surface area contributed by atoms with Crippen molar-refractivity contribution in [2.24, 2.45) is 0 Å². The van der Waals surface area contributed by atoms with Crippen LogP contribution in [-0.4, -0.2) is 33.3 Å². The number of rotatable bonds is 10. The first-order valence-electron chi connectivity index (χ1n) is 9.46. The zero-order valence-electron chi connectivity index (χ0n) is 17.2. The summed E-state index contributed by atoms with van der Waals surface area (Å²) in [6.07, 6.45) is 0.897. The minimum atomic E-state index is -0.274. The van der Waals surface area contributed by atoms with E-state index < -0.39 is 0 Å². The molecule has 0 aliphatic heterocycles. The van der Waals surface area contributed by atoms with Gasteiger partial charge >= 0.3 is 0 Å². The Bertz CT molecular complexity index is 790. The lowest BCUT2D eigenvalue weighted by Crippen LogP contribution is -2.27. The van der Waals surface area contributed by atoms with E-state index in [4.69, 9.17) is 18.9 Å². The predicted molar refractivity (Wildman–Crippen MR) is 109 cm³/mol. The summed E-state index contributed by atoms with van der Waals surface area (Å²) in [6.45, 7) is 6.92. The monoisotopic (exact) mass is 387 g/mol. The van der Waals surface area contributed by atoms with Crippen LogP contribution in [0.5, 0.6) is 23.0 Å². The number of nitrogens with one attached hydrogen (secondary N) is 1. The third-order valence-electron chi connectivity index (χ3n) is 4.22. The third-order valence-corrected chi connectivity index (χ3v) is 4.22. The molecule has 0 aliphatic carbocycles. The molecule has 2 aromatic rings. The van der Waals surface area contributed by atoms with Crippen molar-refractivity contribution in [3.63, 3.8) is 0 Å². The molecule has 152 valence electrons. The van der Waals surface area contributed by atoms with Gasteiger partial charge in [0.1, 0.15) is 11.5 Å². The Balaban J connectivity index is 2.21. The normalized spacial score (nSPS) is 11.5. The van der Waals surface area contributed by atoms with E-state index in [0.29, 0.717) is 41.8 Å². The molecule has 6 nitrogen and oxygen atoms in total. The number of ether oxygens (including phenoxy) is 4. The molecule has 0 aromatic heterocycles. The third kappa shape index (κ3) is 5.31. The fourth-order valence-corrected chi connectivity index (χ4v) is 2.78. The van der Waals surface area contributed by atoms with Crippen molar-refractivity contribution in [3.05, 3.63) is 47.5 Å². The van der Waals surface area contributed by atoms with Gasteiger partial charge in [0.15, 0.2) is 11.5 Å². The van der Waals surface area contributed by atoms with Gasteiger partial charge in [-0.1, -0.05) is 6.92 Å². The molecule has 1 N–H and O–H groups in total. The summed E-state index contributed by atoms with van der Waals surface area (Å²) in [6, 6.07) is 10.4. The Morgan fingerprint density at radius 1 is 0.964 bits per heavy atom. The van der Waals surface area contributed by atoms with Gasteiger partial charge in [-0.3, -0.25) is 4.79 Å². The highest BCUT2D eigenvalue weighted by atomic mass is 16.5. The second kappa shape index (κ2) is 10.4. The summed E-state index contributed by atoms with van der Waals surface area (Å²) >= 11 is 0. The number of carbonyl (C=O) groups is 1. The summed E-state index contributed by atoms with van der Waals surface area (Å²) in [7, 11) is 3.20. The largest absolute Gasteiger partial charge is 0.497 e. The van der Waals surface area contributed by atoms with Crippen LogP contribution in [0.25, 0.3) is 0 Å². The summed E-state index contributed by atoms with van der Waals surface area (Å²) in [5, 5.41) is 3.00. The second-order valence-electron chi connectivity index (χ2n) is 6.25. The maximum absolute atomic E-state index is 12.8. The lowest BCUT2D eigenvalue weighted by molar-refractivity contribution is 0.0939. The molecule has 0 fully saturated rings. The quantitative estimate of drug-likeness (QED) is 0.655. The minimum absolute atomic E-state index is 0.208. The molecule has 0 saturated carbocycles. The summed E-state index contributed by atoms with van der Waals surface area (Å²) in [4.78, 5) is 12.8. The molecule has 1 atom stereocenters. The summed E-state index contributed by atoms with van der Waals surface area (Å²) in [5.74, 6) is 2.39. The van der Waals surface area contributed by atoms with Gasteiger partial charge in [0, 0.05) is 11.1 Å². The Morgan fingerprint density at radius 3 is 2.36 bits per heavy atom. The molecule has 0 spiro atoms. The molecular formula is C22H29NO5. The van der Waals surface area contributed by atoms with Gasteiger partial charge in [0.05, 0.1) is 33.5 Å². The van der Waals surface area contributed by atoms with Crippen molar-refractivity contribution in [3.8, 4) is 23.0 Å². The van der Waals surface area contributed by atoms with Crippen molar-refractivity contribution < 1.29 is 23.7 Å². The number of carbonyl (C=O) groups excluding carboxylic acids is 1. The molecular weight excluding hydrogens is 358 g/mol. The highest BCUT2D eigenvalue weighted by Gasteiger charge is 2.18. The van der Waals surface area contributed by atoms with Crippen LogP contribution >= 0.6 is 0 Å². The molecule has 0 heterocycles. The Labute approximate surface area is 166 Å². The number of methoxy groups -OCH3 is 2. The van der Waals surface area contributed by atoms with Gasteiger partial charge < -0.3 is 24.3 Å². The van der Waals surface area contributed by atoms with E-state index in [-0.39, 0.29) is 11.9 Å². The molecule has 2 aromatic carbocycles. The van der Waals surface area contributed by atoms with Crippen LogP contribution in [-0.2, 0) is 0 Å². The smallest absolute Gasteiger partial charge is 0.251 e. The standard InChI is InChI=1S/C22H29NO5/c1-6-12-28-20-10-8-16(13-21(20)27-7-2)22(24)23-15(3)18-14-17(25-4)9-11-19(18)26-5/h8-11,13-15H,6-7,12H2,1-5H3,(H,23,24). The number of hydrogen-bond acceptors (Lipinski definition) is 5. The number of hydrogen-bond donors (Lipinski definition) is 1. The molecule has 0 radical (unpaired) electrons. The van der Waals surface area contributed by atoms with E-state index in [1.54, 1.807) is 32.4 Å².